The number of alkyl carbamates (subject to hydrolysis) is 1. The van der Waals surface area contributed by atoms with Gasteiger partial charge in [0.25, 0.3) is 8.32 Å². The highest BCUT2D eigenvalue weighted by molar-refractivity contribution is 6.98. The fourth-order valence-corrected chi connectivity index (χ4v) is 10.1. The maximum absolute atomic E-state index is 12.5. The first-order valence-electron chi connectivity index (χ1n) is 18.1. The summed E-state index contributed by atoms with van der Waals surface area (Å²) in [5, 5.41) is 41.8. The Kier molecular flexibility index (Phi) is 16.2. The van der Waals surface area contributed by atoms with Crippen LogP contribution >= 0.6 is 0 Å². The lowest BCUT2D eigenvalue weighted by atomic mass is 9.92. The molecular weight excluding hydrogens is 687 g/mol. The van der Waals surface area contributed by atoms with Crippen LogP contribution in [0.5, 0.6) is 0 Å². The molecule has 0 radical (unpaired) electrons. The highest BCUT2D eigenvalue weighted by atomic mass is 28.4. The molecule has 0 saturated carbocycles. The molecule has 1 saturated heterocycles. The van der Waals surface area contributed by atoms with Crippen LogP contribution in [0.2, 0.25) is 5.04 Å². The molecule has 0 spiro atoms. The smallest absolute Gasteiger partial charge is 0.407 e. The molecule has 3 amide bonds. The minimum absolute atomic E-state index is 0.0957. The van der Waals surface area contributed by atoms with Gasteiger partial charge in [-0.2, -0.15) is 0 Å². The van der Waals surface area contributed by atoms with Gasteiger partial charge < -0.3 is 50.3 Å². The van der Waals surface area contributed by atoms with Gasteiger partial charge >= 0.3 is 6.09 Å². The number of aliphatic hydroxyl groups excluding tert-OH is 3. The van der Waals surface area contributed by atoms with E-state index in [2.05, 4.69) is 16.0 Å². The molecular formula is C38H59N3O10Si. The van der Waals surface area contributed by atoms with Crippen LogP contribution in [0.1, 0.15) is 80.1 Å². The third kappa shape index (κ3) is 12.6. The van der Waals surface area contributed by atoms with Gasteiger partial charge in [-0.05, 0) is 61.9 Å². The molecule has 6 unspecified atom stereocenters. The highest BCUT2D eigenvalue weighted by Gasteiger charge is 2.51. The Labute approximate surface area is 308 Å². The minimum atomic E-state index is -3.36. The van der Waals surface area contributed by atoms with Gasteiger partial charge in [0.1, 0.15) is 23.9 Å². The van der Waals surface area contributed by atoms with Crippen molar-refractivity contribution in [2.75, 3.05) is 19.7 Å². The van der Waals surface area contributed by atoms with Crippen LogP contribution < -0.4 is 26.3 Å². The van der Waals surface area contributed by atoms with E-state index in [1.807, 2.05) is 74.5 Å². The van der Waals surface area contributed by atoms with Crippen molar-refractivity contribution in [2.24, 2.45) is 0 Å². The zero-order valence-corrected chi connectivity index (χ0v) is 32.3. The third-order valence-electron chi connectivity index (χ3n) is 9.22. The molecule has 52 heavy (non-hydrogen) atoms. The second-order valence-corrected chi connectivity index (χ2v) is 19.1. The Morgan fingerprint density at radius 1 is 0.885 bits per heavy atom. The average molecular weight is 746 g/mol. The Balaban J connectivity index is 1.55. The summed E-state index contributed by atoms with van der Waals surface area (Å²) < 4.78 is 17.2. The van der Waals surface area contributed by atoms with Gasteiger partial charge in [-0.3, -0.25) is 9.59 Å². The number of hydrogen-bond acceptors (Lipinski definition) is 10. The van der Waals surface area contributed by atoms with Crippen molar-refractivity contribution < 1.29 is 48.7 Å². The molecule has 0 bridgehead atoms. The quantitative estimate of drug-likeness (QED) is 0.0874. The SMILES string of the molecule is CC(=O)NC1C(OCC(O)CNC(=O)CCCCCNC(=O)OC(C)(C)C)OC(CCC(C)(C)[Si](O)(c2ccccc2)c2ccccc2)C(O)C1O. The summed E-state index contributed by atoms with van der Waals surface area (Å²) in [6, 6.07) is 18.0. The van der Waals surface area contributed by atoms with E-state index in [4.69, 9.17) is 14.2 Å². The lowest BCUT2D eigenvalue weighted by molar-refractivity contribution is -0.270. The standard InChI is InChI=1S/C38H59N3O10Si/c1-26(42)41-32-34(46)33(45)30(21-22-38(5,6)52(48,28-16-10-7-11-17-28)29-18-12-8-13-19-29)50-35(32)49-25-27(43)24-40-31(44)20-14-9-15-23-39-36(47)51-37(2,3)4/h7-8,10-13,16-19,27,30,32-35,43,45-46,48H,9,14-15,20-25H2,1-6H3,(H,39,47)(H,40,44)(H,41,42). The van der Waals surface area contributed by atoms with E-state index in [-0.39, 0.29) is 31.9 Å². The number of carbonyl (C=O) groups is 3. The largest absolute Gasteiger partial charge is 0.444 e. The van der Waals surface area contributed by atoms with Crippen molar-refractivity contribution in [2.45, 2.75) is 127 Å². The summed E-state index contributed by atoms with van der Waals surface area (Å²) in [5.74, 6) is -0.719. The monoisotopic (exact) mass is 745 g/mol. The van der Waals surface area contributed by atoms with Crippen LogP contribution in [0.4, 0.5) is 4.79 Å². The van der Waals surface area contributed by atoms with Gasteiger partial charge in [0.2, 0.25) is 11.8 Å². The molecule has 14 heteroatoms. The summed E-state index contributed by atoms with van der Waals surface area (Å²) >= 11 is 0. The Morgan fingerprint density at radius 3 is 2.04 bits per heavy atom. The molecule has 1 fully saturated rings. The fraction of sp³-hybridized carbons (Fsp3) is 0.605. The van der Waals surface area contributed by atoms with E-state index in [0.717, 1.165) is 10.4 Å². The van der Waals surface area contributed by atoms with Gasteiger partial charge in [0, 0.05) is 26.4 Å². The predicted octanol–water partition coefficient (Wildman–Crippen LogP) is 1.83. The van der Waals surface area contributed by atoms with Crippen molar-refractivity contribution in [3.8, 4) is 0 Å². The molecule has 1 aliphatic rings. The first kappa shape index (κ1) is 43.0. The van der Waals surface area contributed by atoms with Crippen molar-refractivity contribution in [3.05, 3.63) is 60.7 Å². The number of amides is 3. The number of aliphatic hydroxyl groups is 3. The fourth-order valence-electron chi connectivity index (χ4n) is 6.37. The summed E-state index contributed by atoms with van der Waals surface area (Å²) in [5.41, 5.74) is -0.569. The van der Waals surface area contributed by atoms with E-state index in [9.17, 15) is 34.5 Å². The minimum Gasteiger partial charge on any atom is -0.444 e. The molecule has 1 heterocycles. The lowest BCUT2D eigenvalue weighted by Crippen LogP contribution is -2.66. The van der Waals surface area contributed by atoms with Crippen molar-refractivity contribution in [1.82, 2.24) is 16.0 Å². The zero-order valence-electron chi connectivity index (χ0n) is 31.3. The molecule has 0 aliphatic carbocycles. The molecule has 3 rings (SSSR count). The van der Waals surface area contributed by atoms with E-state index < -0.39 is 67.7 Å². The van der Waals surface area contributed by atoms with E-state index >= 15 is 0 Å². The second kappa shape index (κ2) is 19.6. The van der Waals surface area contributed by atoms with Crippen LogP contribution in [0.15, 0.2) is 60.7 Å². The van der Waals surface area contributed by atoms with Gasteiger partial charge in [-0.1, -0.05) is 80.9 Å². The number of rotatable bonds is 18. The zero-order chi connectivity index (χ0) is 38.5. The van der Waals surface area contributed by atoms with E-state index in [1.54, 1.807) is 20.8 Å². The van der Waals surface area contributed by atoms with Crippen molar-refractivity contribution in [1.29, 1.82) is 0 Å². The second-order valence-electron chi connectivity index (χ2n) is 15.1. The van der Waals surface area contributed by atoms with Crippen LogP contribution in [0.25, 0.3) is 0 Å². The summed E-state index contributed by atoms with van der Waals surface area (Å²) in [6.45, 7) is 10.7. The summed E-state index contributed by atoms with van der Waals surface area (Å²) in [7, 11) is -3.36. The molecule has 290 valence electrons. The van der Waals surface area contributed by atoms with Gasteiger partial charge in [0.15, 0.2) is 6.29 Å². The van der Waals surface area contributed by atoms with Crippen LogP contribution in [0, 0.1) is 0 Å². The molecule has 1 aliphatic heterocycles. The van der Waals surface area contributed by atoms with Crippen LogP contribution in [-0.2, 0) is 23.8 Å². The first-order chi connectivity index (χ1) is 24.4. The van der Waals surface area contributed by atoms with E-state index in [1.165, 1.54) is 6.92 Å². The number of benzene rings is 2. The van der Waals surface area contributed by atoms with Gasteiger partial charge in [-0.15, -0.1) is 0 Å². The van der Waals surface area contributed by atoms with Crippen molar-refractivity contribution in [3.63, 3.8) is 0 Å². The maximum atomic E-state index is 12.5. The Hall–Kier alpha value is -3.37. The summed E-state index contributed by atoms with van der Waals surface area (Å²) in [6.07, 6.45) is -3.63. The normalized spacial score (nSPS) is 21.5. The Morgan fingerprint density at radius 2 is 1.48 bits per heavy atom. The molecule has 7 N–H and O–H groups in total. The molecule has 6 atom stereocenters. The number of ether oxygens (including phenoxy) is 3. The molecule has 13 nitrogen and oxygen atoms in total. The molecule has 2 aromatic rings. The third-order valence-corrected chi connectivity index (χ3v) is 13.8. The lowest BCUT2D eigenvalue weighted by Gasteiger charge is -2.45. The maximum Gasteiger partial charge on any atom is 0.407 e. The number of carbonyl (C=O) groups excluding carboxylic acids is 3. The van der Waals surface area contributed by atoms with Crippen LogP contribution in [0.3, 0.4) is 0 Å². The van der Waals surface area contributed by atoms with Crippen molar-refractivity contribution >= 4 is 36.6 Å². The number of unbranched alkanes of at least 4 members (excludes halogenated alkanes) is 2. The predicted molar refractivity (Wildman–Crippen MR) is 199 cm³/mol. The average Bonchev–Trinajstić information content (AvgIpc) is 3.09. The Bertz CT molecular complexity index is 1370. The number of nitrogens with one attached hydrogen (secondary N) is 3. The van der Waals surface area contributed by atoms with Gasteiger partial charge in [-0.25, -0.2) is 4.79 Å². The summed E-state index contributed by atoms with van der Waals surface area (Å²) in [4.78, 5) is 48.6. The molecule has 2 aromatic carbocycles. The van der Waals surface area contributed by atoms with E-state index in [0.29, 0.717) is 32.2 Å². The highest BCUT2D eigenvalue weighted by Crippen LogP contribution is 2.41. The first-order valence-corrected chi connectivity index (χ1v) is 20.0. The number of hydrogen-bond donors (Lipinski definition) is 7. The van der Waals surface area contributed by atoms with Gasteiger partial charge in [0.05, 0.1) is 18.8 Å². The topological polar surface area (TPSA) is 196 Å². The van der Waals surface area contributed by atoms with Crippen LogP contribution in [-0.4, -0.2) is 108 Å². The molecule has 0 aromatic heterocycles.